The number of nitrogens with one attached hydrogen (secondary N) is 1. The predicted molar refractivity (Wildman–Crippen MR) is 142 cm³/mol. The Balaban J connectivity index is 1.34. The van der Waals surface area contributed by atoms with Crippen molar-refractivity contribution >= 4 is 51.7 Å². The van der Waals surface area contributed by atoms with Crippen LogP contribution in [0.15, 0.2) is 89.0 Å². The van der Waals surface area contributed by atoms with Gasteiger partial charge in [0.2, 0.25) is 5.91 Å². The van der Waals surface area contributed by atoms with E-state index in [0.717, 1.165) is 16.8 Å². The summed E-state index contributed by atoms with van der Waals surface area (Å²) < 4.78 is 0. The van der Waals surface area contributed by atoms with E-state index in [0.29, 0.717) is 22.3 Å². The fourth-order valence-electron chi connectivity index (χ4n) is 4.09. The smallest absolute Gasteiger partial charge is 0.262 e. The van der Waals surface area contributed by atoms with Crippen LogP contribution in [0.1, 0.15) is 35.6 Å². The van der Waals surface area contributed by atoms with Gasteiger partial charge in [-0.05, 0) is 36.2 Å². The molecule has 0 unspecified atom stereocenters. The lowest BCUT2D eigenvalue weighted by Gasteiger charge is -2.23. The highest BCUT2D eigenvalue weighted by Crippen LogP contribution is 2.38. The van der Waals surface area contributed by atoms with E-state index in [1.807, 2.05) is 35.3 Å². The second-order valence-electron chi connectivity index (χ2n) is 8.49. The monoisotopic (exact) mass is 502 g/mol. The van der Waals surface area contributed by atoms with Crippen LogP contribution in [0, 0.1) is 6.92 Å². The second kappa shape index (κ2) is 10.1. The summed E-state index contributed by atoms with van der Waals surface area (Å²) in [6.45, 7) is 2.05. The van der Waals surface area contributed by atoms with Crippen molar-refractivity contribution in [2.24, 2.45) is 10.1 Å². The summed E-state index contributed by atoms with van der Waals surface area (Å²) in [6, 6.07) is 25.2. The highest BCUT2D eigenvalue weighted by molar-refractivity contribution is 8.15. The first kappa shape index (κ1) is 23.3. The summed E-state index contributed by atoms with van der Waals surface area (Å²) in [5.41, 5.74) is 4.85. The zero-order valence-electron chi connectivity index (χ0n) is 19.0. The first-order chi connectivity index (χ1) is 17.0. The quantitative estimate of drug-likeness (QED) is 0.476. The van der Waals surface area contributed by atoms with Crippen molar-refractivity contribution in [3.05, 3.63) is 101 Å². The van der Waals surface area contributed by atoms with Crippen LogP contribution >= 0.6 is 23.4 Å². The van der Waals surface area contributed by atoms with E-state index < -0.39 is 5.25 Å². The van der Waals surface area contributed by atoms with E-state index in [-0.39, 0.29) is 24.3 Å². The molecule has 0 spiro atoms. The third-order valence-corrected chi connectivity index (χ3v) is 7.26. The van der Waals surface area contributed by atoms with Crippen molar-refractivity contribution in [3.8, 4) is 0 Å². The van der Waals surface area contributed by atoms with Gasteiger partial charge in [0.05, 0.1) is 11.8 Å². The fraction of sp³-hybridized carbons (Fsp3) is 0.185. The molecule has 0 saturated carbocycles. The Morgan fingerprint density at radius 2 is 1.86 bits per heavy atom. The molecule has 3 aromatic carbocycles. The molecule has 2 amide bonds. The van der Waals surface area contributed by atoms with Crippen LogP contribution in [0.4, 0.5) is 5.69 Å². The van der Waals surface area contributed by atoms with E-state index in [9.17, 15) is 9.59 Å². The number of rotatable bonds is 5. The Kier molecular flexibility index (Phi) is 6.70. The number of amides is 2. The number of amidine groups is 1. The number of hydrazone groups is 1. The molecule has 0 aromatic heterocycles. The number of nitrogens with zero attached hydrogens (tertiary/aromatic N) is 3. The molecule has 0 saturated heterocycles. The van der Waals surface area contributed by atoms with E-state index >= 15 is 0 Å². The number of thioether (sulfide) groups is 1. The number of aliphatic imine (C=N–C) groups is 1. The van der Waals surface area contributed by atoms with Gasteiger partial charge in [0.15, 0.2) is 5.17 Å². The number of benzene rings is 3. The molecule has 2 aliphatic rings. The Labute approximate surface area is 213 Å². The molecule has 0 fully saturated rings. The molecule has 176 valence electrons. The lowest BCUT2D eigenvalue weighted by atomic mass is 9.98. The highest BCUT2D eigenvalue weighted by atomic mass is 35.5. The van der Waals surface area contributed by atoms with E-state index in [1.54, 1.807) is 24.3 Å². The van der Waals surface area contributed by atoms with Gasteiger partial charge in [-0.15, -0.1) is 0 Å². The SMILES string of the molecule is Cc1ccc([C@@H]2CC(c3ccccc3)=NN2C2=NC(=O)[C@H](CC(=O)Nc3cccc(Cl)c3)S2)cc1. The zero-order chi connectivity index (χ0) is 24.4. The van der Waals surface area contributed by atoms with Gasteiger partial charge in [0.25, 0.3) is 5.91 Å². The summed E-state index contributed by atoms with van der Waals surface area (Å²) in [5.74, 6) is -0.586. The summed E-state index contributed by atoms with van der Waals surface area (Å²) in [5, 5.41) is 9.97. The number of aryl methyl sites for hydroxylation is 1. The molecule has 3 aromatic rings. The Hall–Kier alpha value is -3.42. The molecule has 2 atom stereocenters. The number of carbonyl (C=O) groups is 2. The number of hydrogen-bond acceptors (Lipinski definition) is 5. The Morgan fingerprint density at radius 3 is 2.60 bits per heavy atom. The molecular formula is C27H23ClN4O2S. The van der Waals surface area contributed by atoms with E-state index in [2.05, 4.69) is 41.5 Å². The average molecular weight is 503 g/mol. The molecule has 1 N–H and O–H groups in total. The largest absolute Gasteiger partial charge is 0.326 e. The first-order valence-electron chi connectivity index (χ1n) is 11.3. The van der Waals surface area contributed by atoms with Crippen molar-refractivity contribution in [1.82, 2.24) is 5.01 Å². The molecule has 2 aliphatic heterocycles. The standard InChI is InChI=1S/C27H23ClN4O2S/c1-17-10-12-19(13-11-17)23-15-22(18-6-3-2-4-7-18)31-32(23)27-30-26(34)24(35-27)16-25(33)29-21-9-5-8-20(28)14-21/h2-14,23-24H,15-16H2,1H3,(H,29,33)/t23-,24-/m0/s1. The van der Waals surface area contributed by atoms with Crippen LogP contribution in [0.5, 0.6) is 0 Å². The number of anilines is 1. The maximum absolute atomic E-state index is 12.7. The second-order valence-corrected chi connectivity index (χ2v) is 10.1. The topological polar surface area (TPSA) is 74.1 Å². The van der Waals surface area contributed by atoms with Crippen LogP contribution in [-0.4, -0.2) is 33.0 Å². The lowest BCUT2D eigenvalue weighted by molar-refractivity contribution is -0.121. The summed E-state index contributed by atoms with van der Waals surface area (Å²) in [4.78, 5) is 29.6. The van der Waals surface area contributed by atoms with Crippen molar-refractivity contribution < 1.29 is 9.59 Å². The van der Waals surface area contributed by atoms with Crippen LogP contribution < -0.4 is 5.32 Å². The van der Waals surface area contributed by atoms with Gasteiger partial charge < -0.3 is 5.32 Å². The van der Waals surface area contributed by atoms with Gasteiger partial charge in [-0.1, -0.05) is 89.6 Å². The molecular weight excluding hydrogens is 480 g/mol. The van der Waals surface area contributed by atoms with Crippen LogP contribution in [0.2, 0.25) is 5.02 Å². The number of hydrogen-bond donors (Lipinski definition) is 1. The molecule has 6 nitrogen and oxygen atoms in total. The molecule has 0 aliphatic carbocycles. The summed E-state index contributed by atoms with van der Waals surface area (Å²) >= 11 is 7.29. The maximum atomic E-state index is 12.7. The van der Waals surface area contributed by atoms with Gasteiger partial charge >= 0.3 is 0 Å². The van der Waals surface area contributed by atoms with Crippen LogP contribution in [-0.2, 0) is 9.59 Å². The maximum Gasteiger partial charge on any atom is 0.262 e. The molecule has 0 bridgehead atoms. The lowest BCUT2D eigenvalue weighted by Crippen LogP contribution is -2.25. The van der Waals surface area contributed by atoms with Gasteiger partial charge in [-0.3, -0.25) is 9.59 Å². The Morgan fingerprint density at radius 1 is 1.09 bits per heavy atom. The Bertz CT molecular complexity index is 1320. The third kappa shape index (κ3) is 5.31. The minimum Gasteiger partial charge on any atom is -0.326 e. The highest BCUT2D eigenvalue weighted by Gasteiger charge is 2.39. The van der Waals surface area contributed by atoms with Crippen molar-refractivity contribution in [1.29, 1.82) is 0 Å². The summed E-state index contributed by atoms with van der Waals surface area (Å²) in [7, 11) is 0. The molecule has 0 radical (unpaired) electrons. The number of carbonyl (C=O) groups excluding carboxylic acids is 2. The molecule has 2 heterocycles. The van der Waals surface area contributed by atoms with Crippen molar-refractivity contribution in [2.75, 3.05) is 5.32 Å². The summed E-state index contributed by atoms with van der Waals surface area (Å²) in [6.07, 6.45) is 0.710. The first-order valence-corrected chi connectivity index (χ1v) is 12.6. The normalized spacial score (nSPS) is 19.5. The van der Waals surface area contributed by atoms with Crippen LogP contribution in [0.25, 0.3) is 0 Å². The van der Waals surface area contributed by atoms with Gasteiger partial charge in [-0.2, -0.15) is 10.1 Å². The molecule has 5 rings (SSSR count). The zero-order valence-corrected chi connectivity index (χ0v) is 20.6. The van der Waals surface area contributed by atoms with Crippen molar-refractivity contribution in [3.63, 3.8) is 0 Å². The predicted octanol–water partition coefficient (Wildman–Crippen LogP) is 5.83. The third-order valence-electron chi connectivity index (χ3n) is 5.88. The molecule has 8 heteroatoms. The minimum atomic E-state index is -0.598. The number of halogens is 1. The average Bonchev–Trinajstić information content (AvgIpc) is 3.44. The van der Waals surface area contributed by atoms with Gasteiger partial charge in [0.1, 0.15) is 5.25 Å². The van der Waals surface area contributed by atoms with Crippen molar-refractivity contribution in [2.45, 2.75) is 31.1 Å². The van der Waals surface area contributed by atoms with Gasteiger partial charge in [-0.25, -0.2) is 5.01 Å². The van der Waals surface area contributed by atoms with E-state index in [1.165, 1.54) is 17.3 Å². The minimum absolute atomic E-state index is 0.0152. The molecule has 35 heavy (non-hydrogen) atoms. The van der Waals surface area contributed by atoms with E-state index in [4.69, 9.17) is 16.7 Å². The fourth-order valence-corrected chi connectivity index (χ4v) is 5.34. The van der Waals surface area contributed by atoms with Gasteiger partial charge in [0, 0.05) is 23.6 Å². The van der Waals surface area contributed by atoms with Crippen LogP contribution in [0.3, 0.4) is 0 Å².